The lowest BCUT2D eigenvalue weighted by molar-refractivity contribution is -0.118. The first-order valence-corrected chi connectivity index (χ1v) is 6.41. The van der Waals surface area contributed by atoms with Crippen LogP contribution in [0.5, 0.6) is 5.75 Å². The van der Waals surface area contributed by atoms with Crippen LogP contribution >= 0.6 is 39.1 Å². The zero-order chi connectivity index (χ0) is 12.0. The topological polar surface area (TPSA) is 38.3 Å². The van der Waals surface area contributed by atoms with Gasteiger partial charge in [0.25, 0.3) is 0 Å². The fourth-order valence-corrected chi connectivity index (χ4v) is 1.46. The molecule has 0 radical (unpaired) electrons. The highest BCUT2D eigenvalue weighted by molar-refractivity contribution is 9.09. The fraction of sp³-hybridized carbons (Fsp3) is 0.300. The van der Waals surface area contributed by atoms with E-state index in [1.54, 1.807) is 18.2 Å². The second-order valence-electron chi connectivity index (χ2n) is 2.91. The molecule has 88 valence electrons. The van der Waals surface area contributed by atoms with Gasteiger partial charge in [-0.1, -0.05) is 39.1 Å². The molecule has 3 nitrogen and oxygen atoms in total. The van der Waals surface area contributed by atoms with Crippen molar-refractivity contribution in [1.82, 2.24) is 5.32 Å². The van der Waals surface area contributed by atoms with Crippen molar-refractivity contribution >= 4 is 45.0 Å². The number of benzene rings is 1. The zero-order valence-electron chi connectivity index (χ0n) is 8.30. The van der Waals surface area contributed by atoms with Gasteiger partial charge in [0.1, 0.15) is 12.4 Å². The summed E-state index contributed by atoms with van der Waals surface area (Å²) in [4.78, 5) is 10.9. The van der Waals surface area contributed by atoms with Crippen LogP contribution in [0.25, 0.3) is 0 Å². The molecule has 0 fully saturated rings. The maximum atomic E-state index is 10.9. The Labute approximate surface area is 112 Å². The largest absolute Gasteiger partial charge is 0.492 e. The monoisotopic (exact) mass is 325 g/mol. The predicted octanol–water partition coefficient (Wildman–Crippen LogP) is 2.88. The van der Waals surface area contributed by atoms with Crippen LogP contribution in [0.3, 0.4) is 0 Å². The summed E-state index contributed by atoms with van der Waals surface area (Å²) < 4.78 is 5.36. The van der Waals surface area contributed by atoms with Crippen molar-refractivity contribution in [3.63, 3.8) is 0 Å². The molecule has 0 spiro atoms. The van der Waals surface area contributed by atoms with Gasteiger partial charge in [-0.25, -0.2) is 0 Å². The molecule has 0 heterocycles. The summed E-state index contributed by atoms with van der Waals surface area (Å²) in [6.45, 7) is 0.835. The van der Waals surface area contributed by atoms with Gasteiger partial charge in [-0.05, 0) is 12.1 Å². The summed E-state index contributed by atoms with van der Waals surface area (Å²) >= 11 is 14.6. The number of carbonyl (C=O) groups excluding carboxylic acids is 1. The first-order valence-electron chi connectivity index (χ1n) is 4.54. The third kappa shape index (κ3) is 4.60. The Morgan fingerprint density at radius 1 is 1.38 bits per heavy atom. The van der Waals surface area contributed by atoms with Crippen LogP contribution in [0.15, 0.2) is 18.2 Å². The molecule has 16 heavy (non-hydrogen) atoms. The summed E-state index contributed by atoms with van der Waals surface area (Å²) in [5, 5.41) is 3.89. The SMILES string of the molecule is O=C(CBr)NCCOc1ccc(Cl)c(Cl)c1. The van der Waals surface area contributed by atoms with E-state index < -0.39 is 0 Å². The first kappa shape index (κ1) is 13.6. The highest BCUT2D eigenvalue weighted by Crippen LogP contribution is 2.26. The minimum Gasteiger partial charge on any atom is -0.492 e. The second-order valence-corrected chi connectivity index (χ2v) is 4.28. The van der Waals surface area contributed by atoms with E-state index in [4.69, 9.17) is 27.9 Å². The summed E-state index contributed by atoms with van der Waals surface area (Å²) in [7, 11) is 0. The molecule has 0 atom stereocenters. The van der Waals surface area contributed by atoms with Crippen LogP contribution in [0.4, 0.5) is 0 Å². The summed E-state index contributed by atoms with van der Waals surface area (Å²) in [6.07, 6.45) is 0. The number of amides is 1. The van der Waals surface area contributed by atoms with E-state index in [1.807, 2.05) is 0 Å². The van der Waals surface area contributed by atoms with Crippen LogP contribution in [-0.2, 0) is 4.79 Å². The molecule has 0 aliphatic carbocycles. The van der Waals surface area contributed by atoms with Crippen LogP contribution in [0, 0.1) is 0 Å². The van der Waals surface area contributed by atoms with Crippen LogP contribution < -0.4 is 10.1 Å². The quantitative estimate of drug-likeness (QED) is 0.667. The average Bonchev–Trinajstić information content (AvgIpc) is 2.28. The molecular weight excluding hydrogens is 317 g/mol. The summed E-state index contributed by atoms with van der Waals surface area (Å²) in [5.74, 6) is 0.556. The van der Waals surface area contributed by atoms with Gasteiger partial charge in [0.15, 0.2) is 0 Å². The van der Waals surface area contributed by atoms with Gasteiger partial charge < -0.3 is 10.1 Å². The van der Waals surface area contributed by atoms with E-state index >= 15 is 0 Å². The van der Waals surface area contributed by atoms with Gasteiger partial charge in [0, 0.05) is 6.07 Å². The number of nitrogens with one attached hydrogen (secondary N) is 1. The molecule has 0 bridgehead atoms. The van der Waals surface area contributed by atoms with E-state index in [0.717, 1.165) is 0 Å². The van der Waals surface area contributed by atoms with Crippen LogP contribution in [-0.4, -0.2) is 24.4 Å². The van der Waals surface area contributed by atoms with E-state index in [2.05, 4.69) is 21.2 Å². The number of hydrogen-bond donors (Lipinski definition) is 1. The molecule has 0 saturated carbocycles. The van der Waals surface area contributed by atoms with Gasteiger partial charge >= 0.3 is 0 Å². The van der Waals surface area contributed by atoms with Crippen molar-refractivity contribution in [3.05, 3.63) is 28.2 Å². The standard InChI is InChI=1S/C10H10BrCl2NO2/c11-6-10(15)14-3-4-16-7-1-2-8(12)9(13)5-7/h1-2,5H,3-4,6H2,(H,14,15). The van der Waals surface area contributed by atoms with Gasteiger partial charge in [-0.15, -0.1) is 0 Å². The summed E-state index contributed by atoms with van der Waals surface area (Å²) in [5.41, 5.74) is 0. The van der Waals surface area contributed by atoms with Crippen LogP contribution in [0.2, 0.25) is 10.0 Å². The highest BCUT2D eigenvalue weighted by Gasteiger charge is 2.01. The molecule has 0 aliphatic heterocycles. The lowest BCUT2D eigenvalue weighted by Crippen LogP contribution is -2.28. The number of ether oxygens (including phenoxy) is 1. The molecule has 1 aromatic rings. The van der Waals surface area contributed by atoms with Crippen LogP contribution in [0.1, 0.15) is 0 Å². The number of rotatable bonds is 5. The molecule has 1 amide bonds. The van der Waals surface area contributed by atoms with E-state index in [0.29, 0.717) is 34.3 Å². The van der Waals surface area contributed by atoms with E-state index in [1.165, 1.54) is 0 Å². The lowest BCUT2D eigenvalue weighted by atomic mass is 10.3. The number of alkyl halides is 1. The zero-order valence-corrected chi connectivity index (χ0v) is 11.4. The smallest absolute Gasteiger partial charge is 0.230 e. The number of halogens is 3. The second kappa shape index (κ2) is 6.99. The van der Waals surface area contributed by atoms with Gasteiger partial charge in [-0.3, -0.25) is 4.79 Å². The fourth-order valence-electron chi connectivity index (χ4n) is 0.973. The molecule has 0 aromatic heterocycles. The van der Waals surface area contributed by atoms with Crippen molar-refractivity contribution in [1.29, 1.82) is 0 Å². The van der Waals surface area contributed by atoms with Gasteiger partial charge in [-0.2, -0.15) is 0 Å². The van der Waals surface area contributed by atoms with Gasteiger partial charge in [0.05, 0.1) is 21.9 Å². The van der Waals surface area contributed by atoms with Crippen molar-refractivity contribution in [2.24, 2.45) is 0 Å². The first-order chi connectivity index (χ1) is 7.63. The number of hydrogen-bond acceptors (Lipinski definition) is 2. The van der Waals surface area contributed by atoms with Crippen molar-refractivity contribution in [3.8, 4) is 5.75 Å². The normalized spacial score (nSPS) is 9.94. The van der Waals surface area contributed by atoms with Crippen molar-refractivity contribution in [2.45, 2.75) is 0 Å². The molecule has 1 aromatic carbocycles. The molecule has 0 saturated heterocycles. The van der Waals surface area contributed by atoms with E-state index in [9.17, 15) is 4.79 Å². The van der Waals surface area contributed by atoms with Gasteiger partial charge in [0.2, 0.25) is 5.91 Å². The Kier molecular flexibility index (Phi) is 5.95. The molecule has 1 rings (SSSR count). The Hall–Kier alpha value is -0.450. The predicted molar refractivity (Wildman–Crippen MR) is 68.8 cm³/mol. The Balaban J connectivity index is 2.32. The molecule has 0 aliphatic rings. The molecule has 6 heteroatoms. The highest BCUT2D eigenvalue weighted by atomic mass is 79.9. The van der Waals surface area contributed by atoms with Crippen molar-refractivity contribution < 1.29 is 9.53 Å². The maximum Gasteiger partial charge on any atom is 0.230 e. The molecule has 1 N–H and O–H groups in total. The minimum atomic E-state index is -0.0715. The third-order valence-electron chi connectivity index (χ3n) is 1.71. The molecular formula is C10H10BrCl2NO2. The minimum absolute atomic E-state index is 0.0715. The summed E-state index contributed by atoms with van der Waals surface area (Å²) in [6, 6.07) is 5.02. The number of carbonyl (C=O) groups is 1. The third-order valence-corrected chi connectivity index (χ3v) is 2.95. The lowest BCUT2D eigenvalue weighted by Gasteiger charge is -2.07. The molecule has 0 unspecified atom stereocenters. The van der Waals surface area contributed by atoms with Crippen molar-refractivity contribution in [2.75, 3.05) is 18.5 Å². The van der Waals surface area contributed by atoms with E-state index in [-0.39, 0.29) is 5.91 Å². The maximum absolute atomic E-state index is 10.9. The Morgan fingerprint density at radius 3 is 2.75 bits per heavy atom. The Bertz CT molecular complexity index is 374. The Morgan fingerprint density at radius 2 is 2.12 bits per heavy atom. The average molecular weight is 327 g/mol.